The lowest BCUT2D eigenvalue weighted by atomic mass is 10.1. The number of nitrogens with zero attached hydrogens (tertiary/aromatic N) is 2. The smallest absolute Gasteiger partial charge is 0.338 e. The minimum atomic E-state index is -1.12. The zero-order valence-electron chi connectivity index (χ0n) is 18.0. The van der Waals surface area contributed by atoms with Gasteiger partial charge in [0, 0.05) is 12.2 Å². The van der Waals surface area contributed by atoms with Crippen LogP contribution >= 0.6 is 0 Å². The standard InChI is InChI=1S/C24H23N3O5/c1-14(2)9-10-27-22(29)19-8-7-17(12-20(19)23(27)30)24(31)32-15(3)21(28)26-18-6-4-5-16(11-18)13-25/h4-8,11-12,14-15H,9-10H2,1-3H3,(H,26,28)/t15-/m0/s1. The third-order valence-corrected chi connectivity index (χ3v) is 5.05. The minimum absolute atomic E-state index is 0.0711. The van der Waals surface area contributed by atoms with E-state index in [-0.39, 0.29) is 22.6 Å². The lowest BCUT2D eigenvalue weighted by Gasteiger charge is -2.14. The molecule has 0 fully saturated rings. The molecule has 0 spiro atoms. The molecule has 1 aliphatic rings. The molecule has 0 aliphatic carbocycles. The van der Waals surface area contributed by atoms with Crippen LogP contribution in [0.5, 0.6) is 0 Å². The first-order valence-corrected chi connectivity index (χ1v) is 10.2. The van der Waals surface area contributed by atoms with Crippen LogP contribution in [0.3, 0.4) is 0 Å². The average Bonchev–Trinajstić information content (AvgIpc) is 3.01. The third kappa shape index (κ3) is 4.83. The number of esters is 1. The van der Waals surface area contributed by atoms with E-state index in [1.165, 1.54) is 36.1 Å². The molecule has 0 saturated carbocycles. The van der Waals surface area contributed by atoms with Gasteiger partial charge in [0.25, 0.3) is 17.7 Å². The van der Waals surface area contributed by atoms with Crippen molar-refractivity contribution in [2.75, 3.05) is 11.9 Å². The molecule has 8 heteroatoms. The second-order valence-corrected chi connectivity index (χ2v) is 7.93. The maximum absolute atomic E-state index is 12.6. The number of ether oxygens (including phenoxy) is 1. The van der Waals surface area contributed by atoms with Gasteiger partial charge < -0.3 is 10.1 Å². The maximum Gasteiger partial charge on any atom is 0.338 e. The summed E-state index contributed by atoms with van der Waals surface area (Å²) in [7, 11) is 0. The Hall–Kier alpha value is -3.99. The Labute approximate surface area is 185 Å². The molecule has 8 nitrogen and oxygen atoms in total. The van der Waals surface area contributed by atoms with Gasteiger partial charge in [-0.2, -0.15) is 5.26 Å². The number of rotatable bonds is 7. The van der Waals surface area contributed by atoms with Crippen LogP contribution in [0.1, 0.15) is 63.8 Å². The Bertz CT molecular complexity index is 1130. The molecule has 2 aromatic carbocycles. The summed E-state index contributed by atoms with van der Waals surface area (Å²) in [4.78, 5) is 51.2. The van der Waals surface area contributed by atoms with Gasteiger partial charge in [0.15, 0.2) is 6.10 Å². The number of amides is 3. The van der Waals surface area contributed by atoms with Crippen LogP contribution in [-0.4, -0.2) is 41.2 Å². The number of nitriles is 1. The highest BCUT2D eigenvalue weighted by atomic mass is 16.5. The zero-order valence-corrected chi connectivity index (χ0v) is 18.0. The number of nitrogens with one attached hydrogen (secondary N) is 1. The Morgan fingerprint density at radius 2 is 1.78 bits per heavy atom. The summed E-state index contributed by atoms with van der Waals surface area (Å²) in [5.74, 6) is -1.84. The van der Waals surface area contributed by atoms with Gasteiger partial charge in [0.1, 0.15) is 0 Å². The van der Waals surface area contributed by atoms with Crippen LogP contribution < -0.4 is 5.32 Å². The van der Waals surface area contributed by atoms with Crippen molar-refractivity contribution in [2.45, 2.75) is 33.3 Å². The van der Waals surface area contributed by atoms with E-state index in [1.54, 1.807) is 18.2 Å². The van der Waals surface area contributed by atoms with Crippen LogP contribution in [0.4, 0.5) is 5.69 Å². The van der Waals surface area contributed by atoms with E-state index in [0.717, 1.165) is 0 Å². The number of hydrogen-bond donors (Lipinski definition) is 1. The second-order valence-electron chi connectivity index (χ2n) is 7.93. The summed E-state index contributed by atoms with van der Waals surface area (Å²) in [5, 5.41) is 11.5. The summed E-state index contributed by atoms with van der Waals surface area (Å²) in [6.07, 6.45) is -0.439. The van der Waals surface area contributed by atoms with E-state index in [4.69, 9.17) is 10.00 Å². The predicted molar refractivity (Wildman–Crippen MR) is 116 cm³/mol. The molecule has 164 valence electrons. The van der Waals surface area contributed by atoms with Gasteiger partial charge in [-0.15, -0.1) is 0 Å². The van der Waals surface area contributed by atoms with E-state index in [9.17, 15) is 19.2 Å². The maximum atomic E-state index is 12.6. The second kappa shape index (κ2) is 9.43. The van der Waals surface area contributed by atoms with E-state index in [1.807, 2.05) is 19.9 Å². The Kier molecular flexibility index (Phi) is 6.69. The first-order chi connectivity index (χ1) is 15.2. The minimum Gasteiger partial charge on any atom is -0.449 e. The van der Waals surface area contributed by atoms with Gasteiger partial charge in [0.05, 0.1) is 28.3 Å². The van der Waals surface area contributed by atoms with Gasteiger partial charge >= 0.3 is 5.97 Å². The van der Waals surface area contributed by atoms with Gasteiger partial charge in [-0.25, -0.2) is 4.79 Å². The molecule has 32 heavy (non-hydrogen) atoms. The van der Waals surface area contributed by atoms with Crippen molar-refractivity contribution >= 4 is 29.4 Å². The number of anilines is 1. The number of hydrogen-bond acceptors (Lipinski definition) is 6. The molecule has 1 heterocycles. The Balaban J connectivity index is 1.67. The normalized spacial score (nSPS) is 13.5. The Morgan fingerprint density at radius 1 is 1.06 bits per heavy atom. The van der Waals surface area contributed by atoms with E-state index < -0.39 is 23.9 Å². The van der Waals surface area contributed by atoms with Crippen LogP contribution in [-0.2, 0) is 9.53 Å². The fraction of sp³-hybridized carbons (Fsp3) is 0.292. The molecule has 3 rings (SSSR count). The largest absolute Gasteiger partial charge is 0.449 e. The van der Waals surface area contributed by atoms with Crippen molar-refractivity contribution < 1.29 is 23.9 Å². The number of carbonyl (C=O) groups is 4. The number of carbonyl (C=O) groups excluding carboxylic acids is 4. The van der Waals surface area contributed by atoms with Crippen LogP contribution in [0.2, 0.25) is 0 Å². The SMILES string of the molecule is CC(C)CCN1C(=O)c2ccc(C(=O)O[C@@H](C)C(=O)Nc3cccc(C#N)c3)cc2C1=O. The summed E-state index contributed by atoms with van der Waals surface area (Å²) in [5.41, 5.74) is 1.26. The fourth-order valence-corrected chi connectivity index (χ4v) is 3.20. The van der Waals surface area contributed by atoms with Crippen molar-refractivity contribution in [1.29, 1.82) is 5.26 Å². The molecule has 0 radical (unpaired) electrons. The van der Waals surface area contributed by atoms with E-state index >= 15 is 0 Å². The number of benzene rings is 2. The average molecular weight is 433 g/mol. The Morgan fingerprint density at radius 3 is 2.47 bits per heavy atom. The van der Waals surface area contributed by atoms with Crippen molar-refractivity contribution in [3.63, 3.8) is 0 Å². The van der Waals surface area contributed by atoms with Crippen molar-refractivity contribution in [1.82, 2.24) is 4.90 Å². The zero-order chi connectivity index (χ0) is 23.4. The highest BCUT2D eigenvalue weighted by Gasteiger charge is 2.36. The molecule has 2 aromatic rings. The summed E-state index contributed by atoms with van der Waals surface area (Å²) in [6, 6.07) is 12.5. The van der Waals surface area contributed by atoms with Gasteiger partial charge in [-0.05, 0) is 55.7 Å². The van der Waals surface area contributed by atoms with Crippen molar-refractivity contribution in [3.8, 4) is 6.07 Å². The first kappa shape index (κ1) is 22.7. The molecule has 0 saturated heterocycles. The highest BCUT2D eigenvalue weighted by molar-refractivity contribution is 6.22. The molecule has 1 atom stereocenters. The number of imide groups is 1. The highest BCUT2D eigenvalue weighted by Crippen LogP contribution is 2.25. The quantitative estimate of drug-likeness (QED) is 0.528. The summed E-state index contributed by atoms with van der Waals surface area (Å²) in [6.45, 7) is 5.73. The van der Waals surface area contributed by atoms with Gasteiger partial charge in [-0.3, -0.25) is 19.3 Å². The topological polar surface area (TPSA) is 117 Å². The van der Waals surface area contributed by atoms with Crippen molar-refractivity contribution in [3.05, 3.63) is 64.7 Å². The van der Waals surface area contributed by atoms with Crippen molar-refractivity contribution in [2.24, 2.45) is 5.92 Å². The predicted octanol–water partition coefficient (Wildman–Crippen LogP) is 3.38. The molecular weight excluding hydrogens is 410 g/mol. The fourth-order valence-electron chi connectivity index (χ4n) is 3.20. The summed E-state index contributed by atoms with van der Waals surface area (Å²) < 4.78 is 5.23. The third-order valence-electron chi connectivity index (χ3n) is 5.05. The molecule has 0 unspecified atom stereocenters. The van der Waals surface area contributed by atoms with E-state index in [0.29, 0.717) is 30.1 Å². The first-order valence-electron chi connectivity index (χ1n) is 10.2. The molecule has 1 aliphatic heterocycles. The summed E-state index contributed by atoms with van der Waals surface area (Å²) >= 11 is 0. The van der Waals surface area contributed by atoms with E-state index in [2.05, 4.69) is 5.32 Å². The lowest BCUT2D eigenvalue weighted by Crippen LogP contribution is -2.31. The van der Waals surface area contributed by atoms with Crippen LogP contribution in [0.25, 0.3) is 0 Å². The molecule has 0 aromatic heterocycles. The monoisotopic (exact) mass is 433 g/mol. The van der Waals surface area contributed by atoms with Gasteiger partial charge in [0.2, 0.25) is 0 Å². The van der Waals surface area contributed by atoms with Gasteiger partial charge in [-0.1, -0.05) is 19.9 Å². The number of fused-ring (bicyclic) bond motifs is 1. The van der Waals surface area contributed by atoms with Crippen LogP contribution in [0.15, 0.2) is 42.5 Å². The lowest BCUT2D eigenvalue weighted by molar-refractivity contribution is -0.123. The molecule has 0 bridgehead atoms. The molecule has 3 amide bonds. The van der Waals surface area contributed by atoms with Crippen LogP contribution in [0, 0.1) is 17.2 Å². The molecular formula is C24H23N3O5. The molecule has 1 N–H and O–H groups in total.